The number of fused-ring (bicyclic) bond motifs is 2. The molecule has 0 aliphatic heterocycles. The van der Waals surface area contributed by atoms with E-state index in [0.29, 0.717) is 28.4 Å². The van der Waals surface area contributed by atoms with Crippen LogP contribution in [0.15, 0.2) is 55.2 Å². The number of pyridine rings is 3. The molecule has 0 unspecified atom stereocenters. The van der Waals surface area contributed by atoms with E-state index in [0.717, 1.165) is 43.8 Å². The number of thiophene rings is 1. The molecule has 184 valence electrons. The number of carbonyl (C=O) groups is 1. The van der Waals surface area contributed by atoms with Gasteiger partial charge in [-0.2, -0.15) is 9.49 Å². The van der Waals surface area contributed by atoms with Crippen LogP contribution >= 0.6 is 11.3 Å². The largest absolute Gasteiger partial charge is 0.335 e. The number of hydrogen-bond acceptors (Lipinski definition) is 8. The van der Waals surface area contributed by atoms with Crippen LogP contribution in [0.4, 0.5) is 10.1 Å². The Kier molecular flexibility index (Phi) is 5.66. The second-order valence-electron chi connectivity index (χ2n) is 8.71. The van der Waals surface area contributed by atoms with Gasteiger partial charge in [0.15, 0.2) is 11.0 Å². The predicted molar refractivity (Wildman–Crippen MR) is 140 cm³/mol. The Morgan fingerprint density at radius 2 is 1.95 bits per heavy atom. The Morgan fingerprint density at radius 1 is 1.08 bits per heavy atom. The summed E-state index contributed by atoms with van der Waals surface area (Å²) in [6.07, 6.45) is 8.35. The Hall–Kier alpha value is -4.55. The van der Waals surface area contributed by atoms with Gasteiger partial charge in [-0.25, -0.2) is 4.98 Å². The SMILES string of the molecule is CN(C)CC(=O)Nc1cncc(-c2cc3c(-c4nc5c(-c6ccc(F)s6)cncc5[nH]4)n[nH]c3cn2)c1. The lowest BCUT2D eigenvalue weighted by molar-refractivity contribution is -0.116. The summed E-state index contributed by atoms with van der Waals surface area (Å²) in [5, 5.41) is 10.9. The number of nitrogens with zero attached hydrogens (tertiary/aromatic N) is 6. The highest BCUT2D eigenvalue weighted by Crippen LogP contribution is 2.34. The molecule has 0 aromatic carbocycles. The zero-order valence-corrected chi connectivity index (χ0v) is 20.6. The van der Waals surface area contributed by atoms with Gasteiger partial charge in [0, 0.05) is 33.8 Å². The van der Waals surface area contributed by atoms with Crippen LogP contribution in [0.3, 0.4) is 0 Å². The molecular weight excluding hydrogens is 493 g/mol. The number of halogens is 1. The van der Waals surface area contributed by atoms with Gasteiger partial charge in [0.25, 0.3) is 0 Å². The molecular formula is C25H20FN9OS. The molecule has 6 aromatic rings. The minimum atomic E-state index is -0.267. The third-order valence-electron chi connectivity index (χ3n) is 5.68. The number of H-pyrrole nitrogens is 2. The molecule has 12 heteroatoms. The second-order valence-corrected chi connectivity index (χ2v) is 9.74. The standard InChI is InChI=1S/C25H20FN9OS/c1-35(2)12-22(36)30-14-5-13(7-27-8-14)17-6-15-18(11-29-17)33-34-24(15)25-31-19-10-28-9-16(23(19)32-25)20-3-4-21(26)37-20/h3-11H,12H2,1-2H3,(H,30,36)(H,31,32)(H,33,34). The minimum Gasteiger partial charge on any atom is -0.335 e. The van der Waals surface area contributed by atoms with Gasteiger partial charge in [-0.1, -0.05) is 0 Å². The minimum absolute atomic E-state index is 0.131. The van der Waals surface area contributed by atoms with Crippen LogP contribution in [0.25, 0.3) is 55.2 Å². The van der Waals surface area contributed by atoms with Gasteiger partial charge >= 0.3 is 0 Å². The molecule has 0 fully saturated rings. The van der Waals surface area contributed by atoms with Gasteiger partial charge in [-0.15, -0.1) is 11.3 Å². The van der Waals surface area contributed by atoms with Crippen LogP contribution in [0.5, 0.6) is 0 Å². The molecule has 0 aliphatic carbocycles. The van der Waals surface area contributed by atoms with Crippen molar-refractivity contribution in [1.29, 1.82) is 0 Å². The number of carbonyl (C=O) groups excluding carboxylic acids is 1. The number of likely N-dealkylation sites (N-methyl/N-ethyl adjacent to an activating group) is 1. The van der Waals surface area contributed by atoms with E-state index in [9.17, 15) is 9.18 Å². The van der Waals surface area contributed by atoms with E-state index in [1.54, 1.807) is 42.0 Å². The smallest absolute Gasteiger partial charge is 0.238 e. The fraction of sp³-hybridized carbons (Fsp3) is 0.120. The predicted octanol–water partition coefficient (Wildman–Crippen LogP) is 4.33. The lowest BCUT2D eigenvalue weighted by Crippen LogP contribution is -2.27. The maximum absolute atomic E-state index is 13.7. The van der Waals surface area contributed by atoms with Crippen molar-refractivity contribution < 1.29 is 9.18 Å². The molecule has 37 heavy (non-hydrogen) atoms. The van der Waals surface area contributed by atoms with Crippen molar-refractivity contribution in [1.82, 2.24) is 40.0 Å². The van der Waals surface area contributed by atoms with E-state index in [4.69, 9.17) is 4.98 Å². The van der Waals surface area contributed by atoms with Gasteiger partial charge < -0.3 is 15.2 Å². The van der Waals surface area contributed by atoms with Gasteiger partial charge in [-0.3, -0.25) is 24.8 Å². The summed E-state index contributed by atoms with van der Waals surface area (Å²) in [4.78, 5) is 35.9. The van der Waals surface area contributed by atoms with Gasteiger partial charge in [0.2, 0.25) is 5.91 Å². The van der Waals surface area contributed by atoms with E-state index < -0.39 is 0 Å². The average Bonchev–Trinajstić information content (AvgIpc) is 3.60. The molecule has 6 rings (SSSR count). The number of hydrogen-bond donors (Lipinski definition) is 3. The van der Waals surface area contributed by atoms with E-state index >= 15 is 0 Å². The van der Waals surface area contributed by atoms with Crippen LogP contribution in [0, 0.1) is 5.13 Å². The lowest BCUT2D eigenvalue weighted by atomic mass is 10.1. The fourth-order valence-corrected chi connectivity index (χ4v) is 4.82. The number of rotatable bonds is 6. The van der Waals surface area contributed by atoms with Crippen molar-refractivity contribution in [2.75, 3.05) is 26.0 Å². The van der Waals surface area contributed by atoms with Crippen LogP contribution in [0.2, 0.25) is 0 Å². The van der Waals surface area contributed by atoms with E-state index in [1.165, 1.54) is 6.07 Å². The summed E-state index contributed by atoms with van der Waals surface area (Å²) in [6, 6.07) is 6.88. The Morgan fingerprint density at radius 3 is 2.76 bits per heavy atom. The number of nitrogens with one attached hydrogen (secondary N) is 3. The number of imidazole rings is 1. The zero-order valence-electron chi connectivity index (χ0n) is 19.8. The number of aromatic amines is 2. The van der Waals surface area contributed by atoms with Crippen LogP contribution in [0.1, 0.15) is 0 Å². The van der Waals surface area contributed by atoms with Crippen molar-refractivity contribution in [2.24, 2.45) is 0 Å². The summed E-state index contributed by atoms with van der Waals surface area (Å²) < 4.78 is 13.7. The van der Waals surface area contributed by atoms with Gasteiger partial charge in [0.05, 0.1) is 47.6 Å². The molecule has 0 bridgehead atoms. The first-order chi connectivity index (χ1) is 17.9. The molecule has 0 atom stereocenters. The molecule has 3 N–H and O–H groups in total. The number of amides is 1. The summed E-state index contributed by atoms with van der Waals surface area (Å²) in [5.74, 6) is 0.418. The summed E-state index contributed by atoms with van der Waals surface area (Å²) >= 11 is 1.05. The molecule has 0 spiro atoms. The number of anilines is 1. The van der Waals surface area contributed by atoms with E-state index in [1.807, 2.05) is 26.2 Å². The first kappa shape index (κ1) is 22.9. The maximum atomic E-state index is 13.7. The van der Waals surface area contributed by atoms with E-state index in [-0.39, 0.29) is 17.6 Å². The first-order valence-corrected chi connectivity index (χ1v) is 12.1. The third-order valence-corrected chi connectivity index (χ3v) is 6.59. The number of aromatic nitrogens is 7. The Labute approximate surface area is 213 Å². The van der Waals surface area contributed by atoms with Crippen LogP contribution in [-0.2, 0) is 4.79 Å². The molecule has 6 aromatic heterocycles. The summed E-state index contributed by atoms with van der Waals surface area (Å²) in [6.45, 7) is 0.267. The Bertz CT molecular complexity index is 1770. The highest BCUT2D eigenvalue weighted by molar-refractivity contribution is 7.14. The van der Waals surface area contributed by atoms with E-state index in [2.05, 4.69) is 35.5 Å². The molecule has 1 amide bonds. The van der Waals surface area contributed by atoms with Crippen molar-refractivity contribution in [3.8, 4) is 33.2 Å². The first-order valence-electron chi connectivity index (χ1n) is 11.3. The van der Waals surface area contributed by atoms with Crippen molar-refractivity contribution >= 4 is 44.9 Å². The average molecular weight is 514 g/mol. The molecule has 0 saturated heterocycles. The topological polar surface area (TPSA) is 128 Å². The van der Waals surface area contributed by atoms with Crippen LogP contribution < -0.4 is 5.32 Å². The molecule has 0 aliphatic rings. The zero-order chi connectivity index (χ0) is 25.5. The highest BCUT2D eigenvalue weighted by atomic mass is 32.1. The lowest BCUT2D eigenvalue weighted by Gasteiger charge is -2.10. The van der Waals surface area contributed by atoms with Crippen molar-refractivity contribution in [2.45, 2.75) is 0 Å². The Balaban J connectivity index is 1.38. The highest BCUT2D eigenvalue weighted by Gasteiger charge is 2.17. The quantitative estimate of drug-likeness (QED) is 0.302. The van der Waals surface area contributed by atoms with Gasteiger partial charge in [0.1, 0.15) is 11.2 Å². The third kappa shape index (κ3) is 4.43. The monoisotopic (exact) mass is 513 g/mol. The summed E-state index contributed by atoms with van der Waals surface area (Å²) in [5.41, 5.74) is 5.49. The maximum Gasteiger partial charge on any atom is 0.238 e. The normalized spacial score (nSPS) is 11.6. The summed E-state index contributed by atoms with van der Waals surface area (Å²) in [7, 11) is 3.66. The van der Waals surface area contributed by atoms with Crippen molar-refractivity contribution in [3.63, 3.8) is 0 Å². The molecule has 0 saturated carbocycles. The fourth-order valence-electron chi connectivity index (χ4n) is 4.08. The van der Waals surface area contributed by atoms with Gasteiger partial charge in [-0.05, 0) is 38.4 Å². The molecule has 10 nitrogen and oxygen atoms in total. The molecule has 0 radical (unpaired) electrons. The second kappa shape index (κ2) is 9.15. The molecule has 6 heterocycles. The van der Waals surface area contributed by atoms with Crippen molar-refractivity contribution in [3.05, 3.63) is 60.4 Å². The van der Waals surface area contributed by atoms with Crippen LogP contribution in [-0.4, -0.2) is 66.6 Å².